The van der Waals surface area contributed by atoms with Crippen LogP contribution >= 0.6 is 43.5 Å². The smallest absolute Gasteiger partial charge is 0.159 e. The second-order valence-corrected chi connectivity index (χ2v) is 6.25. The molecule has 1 unspecified atom stereocenters. The van der Waals surface area contributed by atoms with Crippen molar-refractivity contribution < 1.29 is 13.5 Å². The van der Waals surface area contributed by atoms with E-state index < -0.39 is 11.6 Å². The van der Waals surface area contributed by atoms with Crippen molar-refractivity contribution in [3.05, 3.63) is 62.6 Å². The van der Waals surface area contributed by atoms with Crippen molar-refractivity contribution in [2.24, 2.45) is 0 Å². The summed E-state index contributed by atoms with van der Waals surface area (Å²) in [5.74, 6) is -1.19. The van der Waals surface area contributed by atoms with Gasteiger partial charge in [-0.15, -0.1) is 0 Å². The second kappa shape index (κ2) is 6.41. The molecule has 20 heavy (non-hydrogen) atoms. The maximum absolute atomic E-state index is 13.3. The Morgan fingerprint density at radius 1 is 1.15 bits per heavy atom. The molecule has 0 spiro atoms. The molecule has 2 aromatic rings. The number of methoxy groups -OCH3 is 1. The number of hydrogen-bond acceptors (Lipinski definition) is 1. The van der Waals surface area contributed by atoms with Crippen LogP contribution < -0.4 is 4.74 Å². The van der Waals surface area contributed by atoms with Gasteiger partial charge in [-0.05, 0) is 45.8 Å². The molecule has 1 atom stereocenters. The second-order valence-electron chi connectivity index (χ2n) is 4.05. The molecule has 0 fully saturated rings. The van der Waals surface area contributed by atoms with Crippen molar-refractivity contribution in [2.45, 2.75) is 4.83 Å². The normalized spacial score (nSPS) is 12.3. The topological polar surface area (TPSA) is 9.23 Å². The third kappa shape index (κ3) is 3.15. The van der Waals surface area contributed by atoms with Crippen LogP contribution in [0.2, 0.25) is 5.02 Å². The van der Waals surface area contributed by atoms with E-state index in [-0.39, 0.29) is 4.83 Å². The van der Waals surface area contributed by atoms with Gasteiger partial charge in [0.15, 0.2) is 11.6 Å². The fourth-order valence-electron chi connectivity index (χ4n) is 1.83. The molecule has 0 aromatic heterocycles. The first-order chi connectivity index (χ1) is 9.43. The minimum absolute atomic E-state index is 0.373. The van der Waals surface area contributed by atoms with Gasteiger partial charge in [-0.3, -0.25) is 0 Å². The highest BCUT2D eigenvalue weighted by molar-refractivity contribution is 9.10. The Hall–Kier alpha value is -0.650. The molecule has 0 aliphatic heterocycles. The summed E-state index contributed by atoms with van der Waals surface area (Å²) in [5.41, 5.74) is 1.29. The molecule has 6 heteroatoms. The fourth-order valence-corrected chi connectivity index (χ4v) is 3.45. The van der Waals surface area contributed by atoms with Gasteiger partial charge in [-0.2, -0.15) is 0 Å². The van der Waals surface area contributed by atoms with Crippen molar-refractivity contribution in [1.82, 2.24) is 0 Å². The first kappa shape index (κ1) is 15.7. The number of alkyl halides is 1. The summed E-state index contributed by atoms with van der Waals surface area (Å²) in [6.45, 7) is 0. The Labute approximate surface area is 137 Å². The molecule has 0 heterocycles. The first-order valence-electron chi connectivity index (χ1n) is 5.56. The van der Waals surface area contributed by atoms with Crippen LogP contribution in [0.15, 0.2) is 34.8 Å². The molecule has 2 rings (SSSR count). The standard InChI is InChI=1S/C14H9Br2ClF2O/c1-20-14-9(5-8(17)6-10(14)15)13(16)7-2-3-11(18)12(19)4-7/h2-6,13H,1H3. The molecule has 0 radical (unpaired) electrons. The lowest BCUT2D eigenvalue weighted by Crippen LogP contribution is -1.99. The van der Waals surface area contributed by atoms with Crippen molar-refractivity contribution in [3.8, 4) is 5.75 Å². The molecule has 0 aliphatic rings. The van der Waals surface area contributed by atoms with Gasteiger partial charge in [0.25, 0.3) is 0 Å². The molecule has 0 saturated heterocycles. The minimum Gasteiger partial charge on any atom is -0.495 e. The van der Waals surface area contributed by atoms with E-state index in [2.05, 4.69) is 31.9 Å². The first-order valence-corrected chi connectivity index (χ1v) is 7.64. The summed E-state index contributed by atoms with van der Waals surface area (Å²) in [5, 5.41) is 0.514. The monoisotopic (exact) mass is 424 g/mol. The lowest BCUT2D eigenvalue weighted by molar-refractivity contribution is 0.407. The minimum atomic E-state index is -0.896. The summed E-state index contributed by atoms with van der Waals surface area (Å²) in [6.07, 6.45) is 0. The average Bonchev–Trinajstić information content (AvgIpc) is 2.40. The summed E-state index contributed by atoms with van der Waals surface area (Å²) < 4.78 is 32.3. The zero-order valence-electron chi connectivity index (χ0n) is 10.3. The third-order valence-corrected chi connectivity index (χ3v) is 4.58. The van der Waals surface area contributed by atoms with E-state index in [1.807, 2.05) is 0 Å². The number of rotatable bonds is 3. The van der Waals surface area contributed by atoms with E-state index in [0.717, 1.165) is 17.7 Å². The van der Waals surface area contributed by atoms with Crippen molar-refractivity contribution in [1.29, 1.82) is 0 Å². The summed E-state index contributed by atoms with van der Waals surface area (Å²) >= 11 is 12.9. The maximum atomic E-state index is 13.3. The lowest BCUT2D eigenvalue weighted by atomic mass is 10.0. The SMILES string of the molecule is COc1c(Br)cc(Cl)cc1C(Br)c1ccc(F)c(F)c1. The number of halogens is 5. The van der Waals surface area contributed by atoms with E-state index in [4.69, 9.17) is 16.3 Å². The predicted octanol–water partition coefficient (Wildman–Crippen LogP) is 5.87. The van der Waals surface area contributed by atoms with Crippen molar-refractivity contribution in [2.75, 3.05) is 7.11 Å². The van der Waals surface area contributed by atoms with Gasteiger partial charge in [0, 0.05) is 10.6 Å². The van der Waals surface area contributed by atoms with Crippen LogP contribution in [0.25, 0.3) is 0 Å². The molecule has 2 aromatic carbocycles. The molecule has 0 N–H and O–H groups in total. The highest BCUT2D eigenvalue weighted by Crippen LogP contribution is 2.42. The van der Waals surface area contributed by atoms with Gasteiger partial charge < -0.3 is 4.74 Å². The Bertz CT molecular complexity index is 649. The third-order valence-electron chi connectivity index (χ3n) is 2.75. The quantitative estimate of drug-likeness (QED) is 0.558. The highest BCUT2D eigenvalue weighted by atomic mass is 79.9. The van der Waals surface area contributed by atoms with E-state index in [1.54, 1.807) is 12.1 Å². The Morgan fingerprint density at radius 3 is 2.45 bits per heavy atom. The van der Waals surface area contributed by atoms with Crippen LogP contribution in [0.5, 0.6) is 5.75 Å². The van der Waals surface area contributed by atoms with Crippen molar-refractivity contribution >= 4 is 43.5 Å². The summed E-state index contributed by atoms with van der Waals surface area (Å²) in [7, 11) is 1.53. The van der Waals surface area contributed by atoms with Crippen LogP contribution in [0.4, 0.5) is 8.78 Å². The van der Waals surface area contributed by atoms with Gasteiger partial charge in [-0.1, -0.05) is 33.6 Å². The number of hydrogen-bond donors (Lipinski definition) is 0. The van der Waals surface area contributed by atoms with Gasteiger partial charge in [-0.25, -0.2) is 8.78 Å². The maximum Gasteiger partial charge on any atom is 0.159 e. The summed E-state index contributed by atoms with van der Waals surface area (Å²) in [6, 6.07) is 7.15. The number of benzene rings is 2. The van der Waals surface area contributed by atoms with Crippen LogP contribution in [0.3, 0.4) is 0 Å². The molecule has 0 bridgehead atoms. The number of ether oxygens (including phenoxy) is 1. The fraction of sp³-hybridized carbons (Fsp3) is 0.143. The van der Waals surface area contributed by atoms with Crippen LogP contribution in [0, 0.1) is 11.6 Å². The van der Waals surface area contributed by atoms with Crippen LogP contribution in [-0.4, -0.2) is 7.11 Å². The van der Waals surface area contributed by atoms with Gasteiger partial charge in [0.2, 0.25) is 0 Å². The zero-order chi connectivity index (χ0) is 14.9. The Morgan fingerprint density at radius 2 is 1.85 bits per heavy atom. The molecule has 0 saturated carbocycles. The van der Waals surface area contributed by atoms with Gasteiger partial charge in [0.1, 0.15) is 5.75 Å². The van der Waals surface area contributed by atoms with E-state index in [9.17, 15) is 8.78 Å². The predicted molar refractivity (Wildman–Crippen MR) is 82.8 cm³/mol. The van der Waals surface area contributed by atoms with Gasteiger partial charge in [0.05, 0.1) is 16.4 Å². The van der Waals surface area contributed by atoms with Crippen LogP contribution in [-0.2, 0) is 0 Å². The Balaban J connectivity index is 2.52. The van der Waals surface area contributed by atoms with E-state index in [1.165, 1.54) is 13.2 Å². The molecule has 1 nitrogen and oxygen atoms in total. The van der Waals surface area contributed by atoms with Gasteiger partial charge >= 0.3 is 0 Å². The Kier molecular flexibility index (Phi) is 5.04. The molecule has 0 aliphatic carbocycles. The molecule has 0 amide bonds. The summed E-state index contributed by atoms with van der Waals surface area (Å²) in [4.78, 5) is -0.373. The largest absolute Gasteiger partial charge is 0.495 e. The van der Waals surface area contributed by atoms with Crippen LogP contribution in [0.1, 0.15) is 16.0 Å². The molecule has 106 valence electrons. The highest BCUT2D eigenvalue weighted by Gasteiger charge is 2.19. The van der Waals surface area contributed by atoms with E-state index in [0.29, 0.717) is 20.8 Å². The molecular formula is C14H9Br2ClF2O. The van der Waals surface area contributed by atoms with E-state index >= 15 is 0 Å². The molecular weight excluding hydrogens is 417 g/mol. The zero-order valence-corrected chi connectivity index (χ0v) is 14.2. The van der Waals surface area contributed by atoms with Crippen molar-refractivity contribution in [3.63, 3.8) is 0 Å². The average molecular weight is 426 g/mol. The lowest BCUT2D eigenvalue weighted by Gasteiger charge is -2.16.